The van der Waals surface area contributed by atoms with E-state index in [1.165, 1.54) is 19.4 Å². The van der Waals surface area contributed by atoms with Crippen LogP contribution in [0.15, 0.2) is 0 Å². The van der Waals surface area contributed by atoms with E-state index in [9.17, 15) is 8.42 Å². The summed E-state index contributed by atoms with van der Waals surface area (Å²) in [7, 11) is -2.79. The van der Waals surface area contributed by atoms with Crippen LogP contribution in [0.2, 0.25) is 0 Å². The largest absolute Gasteiger partial charge is 0.298 e. The highest BCUT2D eigenvalue weighted by Crippen LogP contribution is 2.27. The van der Waals surface area contributed by atoms with Crippen LogP contribution >= 0.6 is 0 Å². The minimum absolute atomic E-state index is 0.0899. The second kappa shape index (κ2) is 4.76. The molecule has 3 atom stereocenters. The molecule has 0 bridgehead atoms. The average Bonchev–Trinajstić information content (AvgIpc) is 2.86. The van der Waals surface area contributed by atoms with Gasteiger partial charge < -0.3 is 0 Å². The van der Waals surface area contributed by atoms with Gasteiger partial charge in [0.1, 0.15) is 0 Å². The summed E-state index contributed by atoms with van der Waals surface area (Å²) in [6.07, 6.45) is 4.35. The van der Waals surface area contributed by atoms with Crippen LogP contribution in [0.1, 0.15) is 32.6 Å². The Balaban J connectivity index is 1.65. The van der Waals surface area contributed by atoms with Crippen molar-refractivity contribution in [2.75, 3.05) is 31.9 Å². The van der Waals surface area contributed by atoms with Gasteiger partial charge in [-0.25, -0.2) is 8.42 Å². The van der Waals surface area contributed by atoms with Gasteiger partial charge >= 0.3 is 0 Å². The Morgan fingerprint density at radius 2 is 2.00 bits per heavy atom. The molecule has 5 heteroatoms. The normalized spacial score (nSPS) is 41.1. The summed E-state index contributed by atoms with van der Waals surface area (Å²) in [5.41, 5.74) is 0. The van der Waals surface area contributed by atoms with Gasteiger partial charge in [0.15, 0.2) is 9.84 Å². The number of hydrogen-bond donors (Lipinski definition) is 0. The number of sulfone groups is 1. The highest BCUT2D eigenvalue weighted by atomic mass is 32.2. The first-order chi connectivity index (χ1) is 8.56. The van der Waals surface area contributed by atoms with E-state index in [0.29, 0.717) is 17.8 Å². The van der Waals surface area contributed by atoms with E-state index >= 15 is 0 Å². The summed E-state index contributed by atoms with van der Waals surface area (Å²) in [5, 5.41) is -0.0899. The first kappa shape index (κ1) is 12.9. The molecule has 104 valence electrons. The zero-order chi connectivity index (χ0) is 12.8. The van der Waals surface area contributed by atoms with E-state index in [1.807, 2.05) is 0 Å². The van der Waals surface area contributed by atoms with Crippen molar-refractivity contribution in [3.63, 3.8) is 0 Å². The monoisotopic (exact) mass is 272 g/mol. The van der Waals surface area contributed by atoms with Gasteiger partial charge in [0.05, 0.1) is 11.0 Å². The van der Waals surface area contributed by atoms with E-state index in [4.69, 9.17) is 0 Å². The number of rotatable bonds is 2. The molecule has 0 aromatic carbocycles. The maximum absolute atomic E-state index is 11.9. The van der Waals surface area contributed by atoms with E-state index in [1.54, 1.807) is 0 Å². The molecular weight excluding hydrogens is 248 g/mol. The predicted octanol–water partition coefficient (Wildman–Crippen LogP) is 0.732. The Morgan fingerprint density at radius 3 is 2.72 bits per heavy atom. The highest BCUT2D eigenvalue weighted by Gasteiger charge is 2.38. The van der Waals surface area contributed by atoms with E-state index in [-0.39, 0.29) is 5.25 Å². The van der Waals surface area contributed by atoms with Crippen molar-refractivity contribution < 1.29 is 8.42 Å². The first-order valence-corrected chi connectivity index (χ1v) is 8.97. The van der Waals surface area contributed by atoms with Crippen LogP contribution in [0.25, 0.3) is 0 Å². The average molecular weight is 272 g/mol. The molecule has 3 fully saturated rings. The lowest BCUT2D eigenvalue weighted by atomic mass is 10.1. The summed E-state index contributed by atoms with van der Waals surface area (Å²) < 4.78 is 23.9. The standard InChI is InChI=1S/C13H24N2O2S/c1-11-8-14-6-2-4-12(14)9-15(11)10-13-5-3-7-18(13,16)17/h11-13H,2-10H2,1H3. The van der Waals surface area contributed by atoms with E-state index in [2.05, 4.69) is 16.7 Å². The molecule has 0 aliphatic carbocycles. The molecule has 3 aliphatic rings. The molecule has 3 heterocycles. The lowest BCUT2D eigenvalue weighted by Gasteiger charge is -2.43. The first-order valence-electron chi connectivity index (χ1n) is 7.26. The third-order valence-corrected chi connectivity index (χ3v) is 7.23. The van der Waals surface area contributed by atoms with Crippen LogP contribution in [0.3, 0.4) is 0 Å². The summed E-state index contributed by atoms with van der Waals surface area (Å²) in [6, 6.07) is 1.19. The molecule has 3 saturated heterocycles. The second-order valence-corrected chi connectivity index (χ2v) is 8.63. The Hall–Kier alpha value is -0.130. The van der Waals surface area contributed by atoms with Crippen molar-refractivity contribution in [2.45, 2.75) is 49.9 Å². The minimum atomic E-state index is -2.79. The minimum Gasteiger partial charge on any atom is -0.298 e. The van der Waals surface area contributed by atoms with Gasteiger partial charge in [0.25, 0.3) is 0 Å². The quantitative estimate of drug-likeness (QED) is 0.743. The zero-order valence-electron chi connectivity index (χ0n) is 11.2. The maximum Gasteiger partial charge on any atom is 0.154 e. The van der Waals surface area contributed by atoms with Crippen LogP contribution in [0, 0.1) is 0 Å². The van der Waals surface area contributed by atoms with Gasteiger partial charge in [-0.3, -0.25) is 9.80 Å². The van der Waals surface area contributed by atoms with Crippen LogP contribution in [0.5, 0.6) is 0 Å². The van der Waals surface area contributed by atoms with Crippen LogP contribution in [-0.2, 0) is 9.84 Å². The van der Waals surface area contributed by atoms with Gasteiger partial charge in [0.2, 0.25) is 0 Å². The van der Waals surface area contributed by atoms with Crippen LogP contribution in [0.4, 0.5) is 0 Å². The van der Waals surface area contributed by atoms with Gasteiger partial charge in [-0.1, -0.05) is 0 Å². The zero-order valence-corrected chi connectivity index (χ0v) is 12.0. The summed E-state index contributed by atoms with van der Waals surface area (Å²) in [5.74, 6) is 0.412. The van der Waals surface area contributed by atoms with Gasteiger partial charge in [-0.2, -0.15) is 0 Å². The Kier molecular flexibility index (Phi) is 3.41. The second-order valence-electron chi connectivity index (χ2n) is 6.23. The lowest BCUT2D eigenvalue weighted by Crippen LogP contribution is -2.56. The molecule has 3 unspecified atom stereocenters. The Bertz CT molecular complexity index is 409. The van der Waals surface area contributed by atoms with Crippen LogP contribution < -0.4 is 0 Å². The van der Waals surface area contributed by atoms with Crippen molar-refractivity contribution in [1.29, 1.82) is 0 Å². The molecule has 0 saturated carbocycles. The third-order valence-electron chi connectivity index (χ3n) is 4.97. The highest BCUT2D eigenvalue weighted by molar-refractivity contribution is 7.92. The van der Waals surface area contributed by atoms with Gasteiger partial charge in [0, 0.05) is 31.7 Å². The number of fused-ring (bicyclic) bond motifs is 1. The van der Waals surface area contributed by atoms with Crippen molar-refractivity contribution >= 4 is 9.84 Å². The molecular formula is C13H24N2O2S. The number of hydrogen-bond acceptors (Lipinski definition) is 4. The molecule has 0 amide bonds. The van der Waals surface area contributed by atoms with Crippen molar-refractivity contribution in [1.82, 2.24) is 9.80 Å². The van der Waals surface area contributed by atoms with Gasteiger partial charge in [-0.15, -0.1) is 0 Å². The smallest absolute Gasteiger partial charge is 0.154 e. The van der Waals surface area contributed by atoms with Gasteiger partial charge in [-0.05, 0) is 39.2 Å². The SMILES string of the molecule is CC1CN2CCCC2CN1CC1CCCS1(=O)=O. The molecule has 0 aromatic rings. The molecule has 0 N–H and O–H groups in total. The number of piperazine rings is 1. The fraction of sp³-hybridized carbons (Fsp3) is 1.00. The van der Waals surface area contributed by atoms with Crippen molar-refractivity contribution in [3.05, 3.63) is 0 Å². The molecule has 4 nitrogen and oxygen atoms in total. The van der Waals surface area contributed by atoms with E-state index < -0.39 is 9.84 Å². The van der Waals surface area contributed by atoms with E-state index in [0.717, 1.165) is 32.5 Å². The fourth-order valence-electron chi connectivity index (χ4n) is 3.83. The summed E-state index contributed by atoms with van der Waals surface area (Å²) in [4.78, 5) is 5.02. The number of nitrogens with zero attached hydrogens (tertiary/aromatic N) is 2. The topological polar surface area (TPSA) is 40.6 Å². The van der Waals surface area contributed by atoms with Crippen molar-refractivity contribution in [2.24, 2.45) is 0 Å². The van der Waals surface area contributed by atoms with Crippen LogP contribution in [-0.4, -0.2) is 67.5 Å². The molecule has 3 rings (SSSR count). The lowest BCUT2D eigenvalue weighted by molar-refractivity contribution is 0.0594. The molecule has 3 aliphatic heterocycles. The van der Waals surface area contributed by atoms with Crippen molar-refractivity contribution in [3.8, 4) is 0 Å². The Morgan fingerprint density at radius 1 is 1.17 bits per heavy atom. The molecule has 18 heavy (non-hydrogen) atoms. The predicted molar refractivity (Wildman–Crippen MR) is 72.4 cm³/mol. The fourth-order valence-corrected chi connectivity index (χ4v) is 5.67. The maximum atomic E-state index is 11.9. The Labute approximate surface area is 110 Å². The molecule has 0 radical (unpaired) electrons. The molecule has 0 aromatic heterocycles. The third kappa shape index (κ3) is 2.32. The molecule has 0 spiro atoms. The summed E-state index contributed by atoms with van der Waals surface area (Å²) in [6.45, 7) is 6.46. The summed E-state index contributed by atoms with van der Waals surface area (Å²) >= 11 is 0.